The minimum absolute atomic E-state index is 0.438. The standard InChI is InChI=1S/C45H35F9O11/c1-25-23-30(55)33-29(35(25)65-39(58)42(61-4,45(52,53)54)28-19-12-7-13-20-28)24-62-36(33)34-31(63-37(56)40(59-2,43(46,47)48)26-15-8-5-9-16-26)21-14-22-32(34)64-38(57)41(60-3,44(49,50)51)27-17-10-6-11-18-27/h5-22,24-25,35H,23H2,1-4H3/t25-,35-,40+,41+,42+/m1/s1. The summed E-state index contributed by atoms with van der Waals surface area (Å²) < 4.78 is 171. The van der Waals surface area contributed by atoms with Gasteiger partial charge in [0.2, 0.25) is 0 Å². The van der Waals surface area contributed by atoms with E-state index >= 15 is 26.3 Å². The summed E-state index contributed by atoms with van der Waals surface area (Å²) in [6.07, 6.45) is -18.2. The molecule has 0 amide bonds. The highest BCUT2D eigenvalue weighted by Gasteiger charge is 2.67. The van der Waals surface area contributed by atoms with Crippen LogP contribution in [0.1, 0.15) is 52.1 Å². The fourth-order valence-electron chi connectivity index (χ4n) is 7.65. The first-order valence-electron chi connectivity index (χ1n) is 19.0. The lowest BCUT2D eigenvalue weighted by Crippen LogP contribution is -2.53. The molecule has 344 valence electrons. The average molecular weight is 923 g/mol. The summed E-state index contributed by atoms with van der Waals surface area (Å²) in [6.45, 7) is 1.33. The number of halogens is 9. The number of furan rings is 1. The van der Waals surface area contributed by atoms with Gasteiger partial charge in [-0.1, -0.05) is 104 Å². The molecule has 5 atom stereocenters. The first-order chi connectivity index (χ1) is 30.6. The lowest BCUT2D eigenvalue weighted by molar-refractivity contribution is -0.279. The maximum atomic E-state index is 15.0. The van der Waals surface area contributed by atoms with Crippen molar-refractivity contribution in [3.8, 4) is 22.8 Å². The lowest BCUT2D eigenvalue weighted by Gasteiger charge is -2.35. The van der Waals surface area contributed by atoms with Crippen LogP contribution < -0.4 is 9.47 Å². The predicted octanol–water partition coefficient (Wildman–Crippen LogP) is 9.88. The third-order valence-corrected chi connectivity index (χ3v) is 10.8. The molecule has 0 aliphatic heterocycles. The highest BCUT2D eigenvalue weighted by Crippen LogP contribution is 2.52. The molecule has 1 aliphatic carbocycles. The Bertz CT molecular complexity index is 2440. The monoisotopic (exact) mass is 922 g/mol. The zero-order valence-corrected chi connectivity index (χ0v) is 34.2. The van der Waals surface area contributed by atoms with E-state index in [9.17, 15) is 32.3 Å². The second-order valence-electron chi connectivity index (χ2n) is 14.5. The van der Waals surface area contributed by atoms with Crippen LogP contribution in [0.15, 0.2) is 120 Å². The molecule has 0 saturated carbocycles. The fraction of sp³-hybridized carbons (Fsp3) is 0.289. The van der Waals surface area contributed by atoms with Crippen LogP contribution in [0.25, 0.3) is 11.3 Å². The molecule has 0 bridgehead atoms. The molecule has 0 N–H and O–H groups in total. The molecule has 0 saturated heterocycles. The second kappa shape index (κ2) is 17.8. The van der Waals surface area contributed by atoms with Crippen molar-refractivity contribution in [2.75, 3.05) is 21.3 Å². The van der Waals surface area contributed by atoms with Gasteiger partial charge in [0.25, 0.3) is 16.8 Å². The van der Waals surface area contributed by atoms with Crippen molar-refractivity contribution in [1.29, 1.82) is 0 Å². The van der Waals surface area contributed by atoms with Crippen molar-refractivity contribution < 1.29 is 91.5 Å². The molecular formula is C45H35F9O11. The van der Waals surface area contributed by atoms with Crippen LogP contribution in [0.5, 0.6) is 11.5 Å². The van der Waals surface area contributed by atoms with Gasteiger partial charge in [-0.3, -0.25) is 4.79 Å². The Kier molecular flexibility index (Phi) is 13.1. The number of fused-ring (bicyclic) bond motifs is 1. The van der Waals surface area contributed by atoms with Crippen molar-refractivity contribution in [1.82, 2.24) is 0 Å². The topological polar surface area (TPSA) is 137 Å². The molecule has 1 aliphatic rings. The van der Waals surface area contributed by atoms with Gasteiger partial charge in [-0.15, -0.1) is 0 Å². The molecule has 0 unspecified atom stereocenters. The Morgan fingerprint density at radius 1 is 0.538 bits per heavy atom. The molecule has 6 rings (SSSR count). The van der Waals surface area contributed by atoms with E-state index in [-0.39, 0.29) is 0 Å². The molecule has 1 aromatic heterocycles. The van der Waals surface area contributed by atoms with Crippen LogP contribution in [-0.4, -0.2) is 63.5 Å². The van der Waals surface area contributed by atoms with Crippen molar-refractivity contribution in [2.24, 2.45) is 5.92 Å². The minimum Gasteiger partial charge on any atom is -0.463 e. The Morgan fingerprint density at radius 3 is 1.26 bits per heavy atom. The summed E-state index contributed by atoms with van der Waals surface area (Å²) in [5.74, 6) is -11.3. The molecule has 0 radical (unpaired) electrons. The smallest absolute Gasteiger partial charge is 0.432 e. The molecular weight excluding hydrogens is 887 g/mol. The summed E-state index contributed by atoms with van der Waals surface area (Å²) in [7, 11) is 1.71. The minimum atomic E-state index is -5.56. The van der Waals surface area contributed by atoms with E-state index < -0.39 is 128 Å². The van der Waals surface area contributed by atoms with Crippen LogP contribution in [0.4, 0.5) is 39.5 Å². The molecule has 20 heteroatoms. The number of methoxy groups -OCH3 is 3. The van der Waals surface area contributed by atoms with Gasteiger partial charge in [0.05, 0.1) is 11.8 Å². The highest BCUT2D eigenvalue weighted by atomic mass is 19.4. The van der Waals surface area contributed by atoms with Gasteiger partial charge >= 0.3 is 36.4 Å². The first-order valence-corrected chi connectivity index (χ1v) is 19.0. The van der Waals surface area contributed by atoms with Gasteiger partial charge < -0.3 is 32.8 Å². The maximum absolute atomic E-state index is 15.0. The summed E-state index contributed by atoms with van der Waals surface area (Å²) in [5, 5.41) is 0. The van der Waals surface area contributed by atoms with Crippen LogP contribution in [0, 0.1) is 5.92 Å². The summed E-state index contributed by atoms with van der Waals surface area (Å²) in [6, 6.07) is 19.1. The van der Waals surface area contributed by atoms with Gasteiger partial charge in [0, 0.05) is 55.9 Å². The Labute approximate surface area is 362 Å². The number of hydrogen-bond acceptors (Lipinski definition) is 11. The van der Waals surface area contributed by atoms with Crippen molar-refractivity contribution >= 4 is 23.7 Å². The van der Waals surface area contributed by atoms with E-state index in [0.717, 1.165) is 85.1 Å². The summed E-state index contributed by atoms with van der Waals surface area (Å²) in [5.41, 5.74) is -15.7. The normalized spacial score (nSPS) is 18.3. The Morgan fingerprint density at radius 2 is 0.908 bits per heavy atom. The van der Waals surface area contributed by atoms with Crippen LogP contribution in [0.3, 0.4) is 0 Å². The van der Waals surface area contributed by atoms with Crippen molar-refractivity contribution in [3.63, 3.8) is 0 Å². The second-order valence-corrected chi connectivity index (χ2v) is 14.5. The summed E-state index contributed by atoms with van der Waals surface area (Å²) >= 11 is 0. The van der Waals surface area contributed by atoms with Gasteiger partial charge in [-0.25, -0.2) is 14.4 Å². The zero-order valence-electron chi connectivity index (χ0n) is 34.2. The van der Waals surface area contributed by atoms with Crippen molar-refractivity contribution in [2.45, 2.75) is 54.8 Å². The molecule has 4 aromatic carbocycles. The van der Waals surface area contributed by atoms with Gasteiger partial charge in [0.1, 0.15) is 23.2 Å². The lowest BCUT2D eigenvalue weighted by atomic mass is 9.81. The van der Waals surface area contributed by atoms with E-state index in [4.69, 9.17) is 32.8 Å². The van der Waals surface area contributed by atoms with E-state index in [1.165, 1.54) is 37.3 Å². The van der Waals surface area contributed by atoms with Crippen LogP contribution in [-0.2, 0) is 50.1 Å². The predicted molar refractivity (Wildman–Crippen MR) is 206 cm³/mol. The number of hydrogen-bond donors (Lipinski definition) is 0. The third-order valence-electron chi connectivity index (χ3n) is 10.8. The van der Waals surface area contributed by atoms with Crippen LogP contribution in [0.2, 0.25) is 0 Å². The number of carbonyl (C=O) groups excluding carboxylic acids is 4. The number of Topliss-reactive ketones (excluding diaryl/α,β-unsaturated/α-hetero) is 1. The van der Waals surface area contributed by atoms with E-state index in [2.05, 4.69) is 0 Å². The van der Waals surface area contributed by atoms with Crippen LogP contribution >= 0.6 is 0 Å². The van der Waals surface area contributed by atoms with Gasteiger partial charge in [-0.05, 0) is 12.1 Å². The molecule has 0 fully saturated rings. The summed E-state index contributed by atoms with van der Waals surface area (Å²) in [4.78, 5) is 55.7. The number of benzene rings is 4. The number of ketones is 1. The maximum Gasteiger partial charge on any atom is 0.432 e. The molecule has 1 heterocycles. The van der Waals surface area contributed by atoms with Gasteiger partial charge in [0.15, 0.2) is 11.5 Å². The SMILES string of the molecule is CO[C@](C(=O)Oc1cccc(OC(=O)[C@@](OC)(c2ccccc2)C(F)(F)F)c1-c1occ2c1C(=O)C[C@@H](C)[C@H]2OC(=O)[C@@](OC)(c1ccccc1)C(F)(F)F)(c1ccccc1)C(F)(F)F. The fourth-order valence-corrected chi connectivity index (χ4v) is 7.65. The van der Waals surface area contributed by atoms with E-state index in [0.29, 0.717) is 21.3 Å². The molecule has 11 nitrogen and oxygen atoms in total. The number of rotatable bonds is 13. The molecule has 0 spiro atoms. The van der Waals surface area contributed by atoms with Gasteiger partial charge in [-0.2, -0.15) is 39.5 Å². The zero-order chi connectivity index (χ0) is 47.8. The molecule has 5 aromatic rings. The highest BCUT2D eigenvalue weighted by molar-refractivity contribution is 6.05. The number of alkyl halides is 9. The molecule has 65 heavy (non-hydrogen) atoms. The quantitative estimate of drug-likeness (QED) is 0.0634. The first kappa shape index (κ1) is 48.0. The third kappa shape index (κ3) is 8.03. The Hall–Kier alpha value is -6.51. The largest absolute Gasteiger partial charge is 0.463 e. The number of ether oxygens (including phenoxy) is 6. The van der Waals surface area contributed by atoms with E-state index in [1.807, 2.05) is 0 Å². The van der Waals surface area contributed by atoms with Crippen molar-refractivity contribution in [3.05, 3.63) is 143 Å². The number of esters is 3. The average Bonchev–Trinajstić information content (AvgIpc) is 3.69. The Balaban J connectivity index is 1.56. The number of carbonyl (C=O) groups is 4. The van der Waals surface area contributed by atoms with E-state index in [1.54, 1.807) is 0 Å².